The second-order valence-corrected chi connectivity index (χ2v) is 5.22. The Morgan fingerprint density at radius 3 is 2.43 bits per heavy atom. The molecule has 0 fully saturated rings. The first-order valence-electron chi connectivity index (χ1n) is 6.62. The van der Waals surface area contributed by atoms with E-state index < -0.39 is 48.0 Å². The number of alkyl halides is 3. The van der Waals surface area contributed by atoms with Crippen molar-refractivity contribution >= 4 is 5.95 Å². The van der Waals surface area contributed by atoms with Crippen molar-refractivity contribution in [1.29, 1.82) is 0 Å². The molecule has 1 aromatic carbocycles. The minimum Gasteiger partial charge on any atom is -0.366 e. The number of rotatable bonds is 1. The van der Waals surface area contributed by atoms with Crippen LogP contribution in [0.3, 0.4) is 0 Å². The van der Waals surface area contributed by atoms with Crippen molar-refractivity contribution in [1.82, 2.24) is 14.8 Å². The van der Waals surface area contributed by atoms with E-state index in [4.69, 9.17) is 5.73 Å². The predicted molar refractivity (Wildman–Crippen MR) is 66.9 cm³/mol. The Bertz CT molecular complexity index is 754. The zero-order valence-electron chi connectivity index (χ0n) is 11.4. The van der Waals surface area contributed by atoms with Gasteiger partial charge in [-0.2, -0.15) is 18.2 Å². The van der Waals surface area contributed by atoms with Gasteiger partial charge in [0.15, 0.2) is 17.5 Å². The summed E-state index contributed by atoms with van der Waals surface area (Å²) >= 11 is 0. The molecule has 2 unspecified atom stereocenters. The van der Waals surface area contributed by atoms with E-state index in [1.165, 1.54) is 0 Å². The van der Waals surface area contributed by atoms with Crippen LogP contribution in [0.15, 0.2) is 12.1 Å². The number of benzene rings is 1. The second kappa shape index (κ2) is 5.14. The Labute approximate surface area is 125 Å². The third-order valence-electron chi connectivity index (χ3n) is 3.83. The number of nitrogen functional groups attached to an aromatic ring is 1. The van der Waals surface area contributed by atoms with Crippen molar-refractivity contribution in [3.8, 4) is 0 Å². The standard InChI is InChI=1S/C13H10F6N4/c14-7-3-1-5(9(15)10(7)16)6-2-4-8(13(17,18)19)23-11(6)21-12(20)22-23/h1,3,6,8H,2,4H2,(H2,20,22). The van der Waals surface area contributed by atoms with Gasteiger partial charge in [-0.3, -0.25) is 0 Å². The molecule has 0 amide bonds. The normalized spacial score (nSPS) is 21.3. The summed E-state index contributed by atoms with van der Waals surface area (Å²) in [6.45, 7) is 0. The van der Waals surface area contributed by atoms with Gasteiger partial charge >= 0.3 is 6.18 Å². The van der Waals surface area contributed by atoms with Crippen molar-refractivity contribution in [3.05, 3.63) is 41.0 Å². The highest BCUT2D eigenvalue weighted by molar-refractivity contribution is 5.32. The minimum atomic E-state index is -4.58. The van der Waals surface area contributed by atoms with Gasteiger partial charge in [-0.15, -0.1) is 5.10 Å². The minimum absolute atomic E-state index is 0.149. The molecule has 3 rings (SSSR count). The molecule has 4 nitrogen and oxygen atoms in total. The van der Waals surface area contributed by atoms with E-state index >= 15 is 0 Å². The fourth-order valence-electron chi connectivity index (χ4n) is 2.80. The van der Waals surface area contributed by atoms with E-state index in [9.17, 15) is 26.3 Å². The van der Waals surface area contributed by atoms with Crippen LogP contribution >= 0.6 is 0 Å². The smallest absolute Gasteiger partial charge is 0.366 e. The van der Waals surface area contributed by atoms with Crippen molar-refractivity contribution in [2.45, 2.75) is 31.0 Å². The Hall–Kier alpha value is -2.26. The molecular weight excluding hydrogens is 326 g/mol. The lowest BCUT2D eigenvalue weighted by Crippen LogP contribution is -2.33. The molecule has 1 aromatic heterocycles. The number of fused-ring (bicyclic) bond motifs is 1. The Balaban J connectivity index is 2.11. The summed E-state index contributed by atoms with van der Waals surface area (Å²) in [5.74, 6) is -6.12. The van der Waals surface area contributed by atoms with Crippen LogP contribution in [0.5, 0.6) is 0 Å². The lowest BCUT2D eigenvalue weighted by atomic mass is 9.88. The predicted octanol–water partition coefficient (Wildman–Crippen LogP) is 3.31. The average Bonchev–Trinajstić information content (AvgIpc) is 2.84. The molecule has 0 spiro atoms. The first kappa shape index (κ1) is 15.6. The number of anilines is 1. The molecule has 1 aliphatic heterocycles. The fraction of sp³-hybridized carbons (Fsp3) is 0.385. The molecular formula is C13H10F6N4. The van der Waals surface area contributed by atoms with Crippen LogP contribution in [0.2, 0.25) is 0 Å². The zero-order chi connectivity index (χ0) is 16.9. The number of nitrogens with zero attached hydrogens (tertiary/aromatic N) is 3. The van der Waals surface area contributed by atoms with E-state index in [0.29, 0.717) is 10.7 Å². The van der Waals surface area contributed by atoms with Crippen molar-refractivity contribution < 1.29 is 26.3 Å². The highest BCUT2D eigenvalue weighted by Crippen LogP contribution is 2.44. The van der Waals surface area contributed by atoms with E-state index in [1.54, 1.807) is 0 Å². The zero-order valence-corrected chi connectivity index (χ0v) is 11.4. The maximum Gasteiger partial charge on any atom is 0.410 e. The van der Waals surface area contributed by atoms with Gasteiger partial charge in [0.2, 0.25) is 5.95 Å². The third kappa shape index (κ3) is 2.51. The molecule has 0 bridgehead atoms. The van der Waals surface area contributed by atoms with Crippen molar-refractivity contribution in [2.75, 3.05) is 5.73 Å². The lowest BCUT2D eigenvalue weighted by Gasteiger charge is -2.30. The fourth-order valence-corrected chi connectivity index (χ4v) is 2.80. The highest BCUT2D eigenvalue weighted by atomic mass is 19.4. The van der Waals surface area contributed by atoms with Crippen LogP contribution in [-0.2, 0) is 0 Å². The molecule has 0 radical (unpaired) electrons. The summed E-state index contributed by atoms with van der Waals surface area (Å²) in [6, 6.07) is -0.234. The summed E-state index contributed by atoms with van der Waals surface area (Å²) in [7, 11) is 0. The number of halogens is 6. The largest absolute Gasteiger partial charge is 0.410 e. The van der Waals surface area contributed by atoms with Crippen LogP contribution in [-0.4, -0.2) is 20.9 Å². The Morgan fingerprint density at radius 1 is 1.09 bits per heavy atom. The van der Waals surface area contributed by atoms with Gasteiger partial charge in [-0.1, -0.05) is 6.07 Å². The number of hydrogen-bond acceptors (Lipinski definition) is 3. The van der Waals surface area contributed by atoms with Gasteiger partial charge in [0.25, 0.3) is 0 Å². The summed E-state index contributed by atoms with van der Waals surface area (Å²) < 4.78 is 80.1. The van der Waals surface area contributed by atoms with Crippen LogP contribution in [0.1, 0.15) is 36.2 Å². The molecule has 124 valence electrons. The number of hydrogen-bond donors (Lipinski definition) is 1. The van der Waals surface area contributed by atoms with E-state index in [2.05, 4.69) is 10.1 Å². The quantitative estimate of drug-likeness (QED) is 0.642. The topological polar surface area (TPSA) is 56.7 Å². The maximum absolute atomic E-state index is 14.0. The van der Waals surface area contributed by atoms with Crippen molar-refractivity contribution in [2.24, 2.45) is 0 Å². The van der Waals surface area contributed by atoms with Crippen LogP contribution in [0.25, 0.3) is 0 Å². The number of nitrogens with two attached hydrogens (primary N) is 1. The average molecular weight is 336 g/mol. The van der Waals surface area contributed by atoms with Gasteiger partial charge < -0.3 is 5.73 Å². The molecule has 2 N–H and O–H groups in total. The van der Waals surface area contributed by atoms with E-state index in [1.807, 2.05) is 0 Å². The molecule has 2 aromatic rings. The highest BCUT2D eigenvalue weighted by Gasteiger charge is 2.47. The molecule has 10 heteroatoms. The summed E-state index contributed by atoms with van der Waals surface area (Å²) in [6.07, 6.45) is -5.13. The van der Waals surface area contributed by atoms with Crippen LogP contribution in [0.4, 0.5) is 32.3 Å². The number of aromatic nitrogens is 3. The monoisotopic (exact) mass is 336 g/mol. The second-order valence-electron chi connectivity index (χ2n) is 5.22. The van der Waals surface area contributed by atoms with Crippen LogP contribution < -0.4 is 5.73 Å². The van der Waals surface area contributed by atoms with Gasteiger partial charge in [0, 0.05) is 11.5 Å². The molecule has 0 saturated carbocycles. The first-order chi connectivity index (χ1) is 10.7. The van der Waals surface area contributed by atoms with Gasteiger partial charge in [-0.25, -0.2) is 17.9 Å². The third-order valence-corrected chi connectivity index (χ3v) is 3.83. The van der Waals surface area contributed by atoms with E-state index in [0.717, 1.165) is 6.07 Å². The van der Waals surface area contributed by atoms with Crippen molar-refractivity contribution in [3.63, 3.8) is 0 Å². The van der Waals surface area contributed by atoms with E-state index in [-0.39, 0.29) is 17.8 Å². The summed E-state index contributed by atoms with van der Waals surface area (Å²) in [5.41, 5.74) is 5.08. The molecule has 0 saturated heterocycles. The molecule has 1 aliphatic rings. The molecule has 2 atom stereocenters. The molecule has 23 heavy (non-hydrogen) atoms. The molecule has 0 aliphatic carbocycles. The molecule has 2 heterocycles. The Kier molecular flexibility index (Phi) is 3.49. The first-order valence-corrected chi connectivity index (χ1v) is 6.62. The van der Waals surface area contributed by atoms with Gasteiger partial charge in [-0.05, 0) is 18.9 Å². The SMILES string of the molecule is Nc1nc2n(n1)C(C(F)(F)F)CCC2c1ccc(F)c(F)c1F. The van der Waals surface area contributed by atoms with Gasteiger partial charge in [0.1, 0.15) is 11.9 Å². The summed E-state index contributed by atoms with van der Waals surface area (Å²) in [5, 5.41) is 3.52. The van der Waals surface area contributed by atoms with Crippen LogP contribution in [0, 0.1) is 17.5 Å². The lowest BCUT2D eigenvalue weighted by molar-refractivity contribution is -0.175. The maximum atomic E-state index is 14.0. The Morgan fingerprint density at radius 2 is 1.78 bits per heavy atom. The summed E-state index contributed by atoms with van der Waals surface area (Å²) in [4.78, 5) is 3.71. The van der Waals surface area contributed by atoms with Gasteiger partial charge in [0.05, 0.1) is 0 Å².